The molecule has 2 aromatic carbocycles. The number of nitrogens with one attached hydrogen (secondary N) is 1. The van der Waals surface area contributed by atoms with Gasteiger partial charge in [0.2, 0.25) is 0 Å². The van der Waals surface area contributed by atoms with Gasteiger partial charge in [0.25, 0.3) is 5.91 Å². The molecule has 0 aliphatic rings. The third-order valence-electron chi connectivity index (χ3n) is 4.49. The van der Waals surface area contributed by atoms with E-state index in [1.165, 1.54) is 30.3 Å². The summed E-state index contributed by atoms with van der Waals surface area (Å²) in [4.78, 5) is 30.6. The van der Waals surface area contributed by atoms with Gasteiger partial charge >= 0.3 is 6.18 Å². The van der Waals surface area contributed by atoms with Crippen LogP contribution in [0.25, 0.3) is 11.4 Å². The summed E-state index contributed by atoms with van der Waals surface area (Å²) in [5.41, 5.74) is 9.14. The average Bonchev–Trinajstić information content (AvgIpc) is 2.82. The fourth-order valence-electron chi connectivity index (χ4n) is 2.86. The van der Waals surface area contributed by atoms with Gasteiger partial charge < -0.3 is 26.3 Å². The second kappa shape index (κ2) is 9.97. The molecule has 0 saturated heterocycles. The van der Waals surface area contributed by atoms with Crippen LogP contribution in [0.2, 0.25) is 0 Å². The van der Waals surface area contributed by atoms with Crippen LogP contribution in [-0.4, -0.2) is 34.7 Å². The first-order chi connectivity index (χ1) is 16.1. The van der Waals surface area contributed by atoms with E-state index in [9.17, 15) is 22.8 Å². The molecular formula is C22H17F3N6O3. The number of aromatic nitrogens is 2. The van der Waals surface area contributed by atoms with Crippen LogP contribution in [-0.2, 0) is 11.0 Å². The molecule has 0 aliphatic carbocycles. The van der Waals surface area contributed by atoms with Gasteiger partial charge in [-0.25, -0.2) is 9.97 Å². The Morgan fingerprint density at radius 1 is 1.15 bits per heavy atom. The Bertz CT molecular complexity index is 1260. The van der Waals surface area contributed by atoms with E-state index in [0.29, 0.717) is 11.8 Å². The van der Waals surface area contributed by atoms with Crippen molar-refractivity contribution in [3.63, 3.8) is 0 Å². The van der Waals surface area contributed by atoms with Gasteiger partial charge in [-0.1, -0.05) is 0 Å². The van der Waals surface area contributed by atoms with Crippen LogP contribution < -0.4 is 21.5 Å². The number of hydrogen-bond donors (Lipinski definition) is 3. The smallest absolute Gasteiger partial charge is 0.417 e. The molecule has 34 heavy (non-hydrogen) atoms. The zero-order valence-corrected chi connectivity index (χ0v) is 17.3. The molecule has 0 unspecified atom stereocenters. The van der Waals surface area contributed by atoms with Gasteiger partial charge in [-0.15, -0.1) is 0 Å². The summed E-state index contributed by atoms with van der Waals surface area (Å²) in [6.07, 6.45) is -4.34. The highest BCUT2D eigenvalue weighted by Gasteiger charge is 2.35. The van der Waals surface area contributed by atoms with Crippen LogP contribution in [0.1, 0.15) is 21.6 Å². The van der Waals surface area contributed by atoms with Crippen LogP contribution in [0, 0.1) is 11.3 Å². The minimum atomic E-state index is -4.83. The normalized spacial score (nSPS) is 11.9. The van der Waals surface area contributed by atoms with Crippen molar-refractivity contribution in [2.24, 2.45) is 11.5 Å². The number of nitrogens with zero attached hydrogens (tertiary/aromatic N) is 3. The fraction of sp³-hybridized carbons (Fsp3) is 0.136. The van der Waals surface area contributed by atoms with Gasteiger partial charge in [-0.05, 0) is 42.5 Å². The highest BCUT2D eigenvalue weighted by molar-refractivity contribution is 5.92. The van der Waals surface area contributed by atoms with Crippen LogP contribution in [0.4, 0.5) is 19.0 Å². The van der Waals surface area contributed by atoms with E-state index in [1.54, 1.807) is 0 Å². The van der Waals surface area contributed by atoms with Gasteiger partial charge in [0, 0.05) is 18.2 Å². The second-order valence-corrected chi connectivity index (χ2v) is 6.89. The SMILES string of the molecule is N#Cc1ccc(Oc2ccc(-c3nc(N[C@H](C=O)CN)cc(C(N)=O)n3)c(C(F)(F)F)c2)cc1. The van der Waals surface area contributed by atoms with Gasteiger partial charge in [0.15, 0.2) is 5.82 Å². The Kier molecular flexibility index (Phi) is 7.08. The van der Waals surface area contributed by atoms with E-state index >= 15 is 0 Å². The molecule has 3 rings (SSSR count). The first-order valence-electron chi connectivity index (χ1n) is 9.65. The van der Waals surface area contributed by atoms with Crippen LogP contribution in [0.15, 0.2) is 48.5 Å². The monoisotopic (exact) mass is 470 g/mol. The maximum atomic E-state index is 13.9. The van der Waals surface area contributed by atoms with E-state index in [2.05, 4.69) is 15.3 Å². The zero-order valence-electron chi connectivity index (χ0n) is 17.3. The quantitative estimate of drug-likeness (QED) is 0.424. The molecule has 5 N–H and O–H groups in total. The van der Waals surface area contributed by atoms with Crippen molar-refractivity contribution < 1.29 is 27.5 Å². The van der Waals surface area contributed by atoms with Crippen molar-refractivity contribution in [3.05, 3.63) is 65.4 Å². The number of alkyl halides is 3. The highest BCUT2D eigenvalue weighted by atomic mass is 19.4. The molecule has 0 saturated carbocycles. The third-order valence-corrected chi connectivity index (χ3v) is 4.49. The molecule has 0 radical (unpaired) electrons. The minimum absolute atomic E-state index is 0.104. The van der Waals surface area contributed by atoms with Crippen LogP contribution >= 0.6 is 0 Å². The highest BCUT2D eigenvalue weighted by Crippen LogP contribution is 2.39. The third kappa shape index (κ3) is 5.64. The Hall–Kier alpha value is -4.50. The molecule has 9 nitrogen and oxygen atoms in total. The molecule has 0 bridgehead atoms. The summed E-state index contributed by atoms with van der Waals surface area (Å²) < 4.78 is 47.2. The lowest BCUT2D eigenvalue weighted by molar-refractivity contribution is -0.137. The first-order valence-corrected chi connectivity index (χ1v) is 9.65. The van der Waals surface area contributed by atoms with Crippen molar-refractivity contribution in [1.29, 1.82) is 5.26 Å². The van der Waals surface area contributed by atoms with Crippen molar-refractivity contribution >= 4 is 18.0 Å². The number of amides is 1. The molecular weight excluding hydrogens is 453 g/mol. The Morgan fingerprint density at radius 3 is 2.38 bits per heavy atom. The van der Waals surface area contributed by atoms with Crippen molar-refractivity contribution in [2.75, 3.05) is 11.9 Å². The fourth-order valence-corrected chi connectivity index (χ4v) is 2.86. The molecule has 3 aromatic rings. The maximum absolute atomic E-state index is 13.9. The molecule has 1 amide bonds. The minimum Gasteiger partial charge on any atom is -0.457 e. The van der Waals surface area contributed by atoms with Crippen molar-refractivity contribution in [3.8, 4) is 29.0 Å². The van der Waals surface area contributed by atoms with Crippen molar-refractivity contribution in [2.45, 2.75) is 12.2 Å². The topological polar surface area (TPSA) is 157 Å². The van der Waals surface area contributed by atoms with E-state index in [4.69, 9.17) is 21.5 Å². The molecule has 0 aliphatic heterocycles. The van der Waals surface area contributed by atoms with Gasteiger partial charge in [-0.3, -0.25) is 4.79 Å². The number of hydrogen-bond acceptors (Lipinski definition) is 8. The summed E-state index contributed by atoms with van der Waals surface area (Å²) in [5, 5.41) is 11.5. The Labute approximate surface area is 191 Å². The summed E-state index contributed by atoms with van der Waals surface area (Å²) in [6.45, 7) is -0.121. The summed E-state index contributed by atoms with van der Waals surface area (Å²) in [7, 11) is 0. The van der Waals surface area contributed by atoms with E-state index in [0.717, 1.165) is 18.2 Å². The number of nitriles is 1. The summed E-state index contributed by atoms with van der Waals surface area (Å²) >= 11 is 0. The molecule has 0 spiro atoms. The second-order valence-electron chi connectivity index (χ2n) is 6.89. The van der Waals surface area contributed by atoms with Gasteiger partial charge in [0.1, 0.15) is 29.3 Å². The Balaban J connectivity index is 2.07. The van der Waals surface area contributed by atoms with E-state index in [-0.39, 0.29) is 29.6 Å². The summed E-state index contributed by atoms with van der Waals surface area (Å²) in [5.74, 6) is -1.46. The number of anilines is 1. The maximum Gasteiger partial charge on any atom is 0.417 e. The zero-order chi connectivity index (χ0) is 24.9. The lowest BCUT2D eigenvalue weighted by Gasteiger charge is -2.16. The number of ether oxygens (including phenoxy) is 1. The lowest BCUT2D eigenvalue weighted by Crippen LogP contribution is -2.31. The Morgan fingerprint density at radius 2 is 1.82 bits per heavy atom. The van der Waals surface area contributed by atoms with Crippen LogP contribution in [0.5, 0.6) is 11.5 Å². The number of nitrogens with two attached hydrogens (primary N) is 2. The predicted molar refractivity (Wildman–Crippen MR) is 115 cm³/mol. The molecule has 0 fully saturated rings. The first kappa shape index (κ1) is 24.1. The molecule has 1 heterocycles. The van der Waals surface area contributed by atoms with Gasteiger partial charge in [0.05, 0.1) is 23.2 Å². The number of halogens is 3. The lowest BCUT2D eigenvalue weighted by atomic mass is 10.1. The average molecular weight is 470 g/mol. The molecule has 1 atom stereocenters. The van der Waals surface area contributed by atoms with Gasteiger partial charge in [-0.2, -0.15) is 18.4 Å². The summed E-state index contributed by atoms with van der Waals surface area (Å²) in [6, 6.07) is 11.1. The number of aldehydes is 1. The number of carbonyl (C=O) groups is 2. The van der Waals surface area contributed by atoms with Crippen molar-refractivity contribution in [1.82, 2.24) is 9.97 Å². The van der Waals surface area contributed by atoms with E-state index < -0.39 is 35.1 Å². The molecule has 1 aromatic heterocycles. The largest absolute Gasteiger partial charge is 0.457 e. The van der Waals surface area contributed by atoms with E-state index in [1.807, 2.05) is 6.07 Å². The number of carbonyl (C=O) groups excluding carboxylic acids is 2. The van der Waals surface area contributed by atoms with Crippen LogP contribution in [0.3, 0.4) is 0 Å². The predicted octanol–water partition coefficient (Wildman–Crippen LogP) is 2.86. The number of rotatable bonds is 8. The molecule has 174 valence electrons. The molecule has 12 heteroatoms. The number of primary amides is 1. The standard InChI is InChI=1S/C22H17F3N6O3/c23-22(24,25)17-7-15(34-14-3-1-12(9-26)2-4-14)5-6-16(17)21-30-18(20(28)33)8-19(31-21)29-13(10-27)11-32/h1-8,11,13H,10,27H2,(H2,28,33)(H,29,30,31)/t13-/m0/s1. The number of benzene rings is 2.